The van der Waals surface area contributed by atoms with Crippen molar-refractivity contribution in [3.8, 4) is 22.8 Å². The van der Waals surface area contributed by atoms with Gasteiger partial charge in [0.15, 0.2) is 5.82 Å². The van der Waals surface area contributed by atoms with E-state index in [2.05, 4.69) is 10.4 Å². The van der Waals surface area contributed by atoms with Crippen molar-refractivity contribution in [1.29, 1.82) is 0 Å². The van der Waals surface area contributed by atoms with Gasteiger partial charge >= 0.3 is 0 Å². The summed E-state index contributed by atoms with van der Waals surface area (Å²) in [6.45, 7) is 1.38. The van der Waals surface area contributed by atoms with E-state index in [0.29, 0.717) is 41.3 Å². The molecule has 228 valence electrons. The van der Waals surface area contributed by atoms with Crippen molar-refractivity contribution >= 4 is 34.3 Å². The van der Waals surface area contributed by atoms with Crippen LogP contribution in [0.2, 0.25) is 5.02 Å². The molecule has 0 radical (unpaired) electrons. The number of fused-ring (bicyclic) bond motifs is 2. The lowest BCUT2D eigenvalue weighted by molar-refractivity contribution is -0.123. The van der Waals surface area contributed by atoms with E-state index in [4.69, 9.17) is 31.8 Å². The van der Waals surface area contributed by atoms with Crippen LogP contribution in [0.5, 0.6) is 11.5 Å². The van der Waals surface area contributed by atoms with E-state index >= 15 is 4.39 Å². The number of amides is 2. The van der Waals surface area contributed by atoms with Gasteiger partial charge in [-0.05, 0) is 68.9 Å². The number of hydrogen-bond donors (Lipinski definition) is 3. The van der Waals surface area contributed by atoms with E-state index < -0.39 is 28.6 Å². The largest absolute Gasteiger partial charge is 0.494 e. The second-order valence-corrected chi connectivity index (χ2v) is 12.6. The number of nitrogens with zero attached hydrogens (tertiary/aromatic N) is 3. The van der Waals surface area contributed by atoms with Crippen LogP contribution in [0.15, 0.2) is 42.6 Å². The Hall–Kier alpha value is -4.22. The molecule has 2 saturated carbocycles. The molecule has 0 saturated heterocycles. The molecule has 44 heavy (non-hydrogen) atoms. The van der Waals surface area contributed by atoms with E-state index in [1.54, 1.807) is 31.2 Å². The SMILES string of the molecule is COc1cc(C(=O)NC[C@](O)(c2cc3c(c(-c4cccc(Cl)c4F)n2)OC[C@]3(C)C(N)=O)C2CC2)cc2cn(C3CC3)nc12. The monoisotopic (exact) mass is 619 g/mol. The summed E-state index contributed by atoms with van der Waals surface area (Å²) < 4.78 is 28.7. The first-order valence-electron chi connectivity index (χ1n) is 14.5. The third-order valence-electron chi connectivity index (χ3n) is 9.03. The number of halogens is 2. The first-order valence-corrected chi connectivity index (χ1v) is 14.9. The van der Waals surface area contributed by atoms with Gasteiger partial charge in [0.05, 0.1) is 30.4 Å². The molecule has 2 fully saturated rings. The minimum atomic E-state index is -1.64. The molecular weight excluding hydrogens is 589 g/mol. The number of benzene rings is 2. The van der Waals surface area contributed by atoms with Crippen LogP contribution in [0.25, 0.3) is 22.2 Å². The van der Waals surface area contributed by atoms with Gasteiger partial charge in [-0.3, -0.25) is 14.3 Å². The molecule has 3 aliphatic rings. The number of carbonyl (C=O) groups excluding carboxylic acids is 2. The first-order chi connectivity index (χ1) is 21.0. The summed E-state index contributed by atoms with van der Waals surface area (Å²) >= 11 is 6.10. The lowest BCUT2D eigenvalue weighted by atomic mass is 9.81. The van der Waals surface area contributed by atoms with Gasteiger partial charge in [-0.25, -0.2) is 9.37 Å². The molecule has 2 amide bonds. The average molecular weight is 620 g/mol. The Bertz CT molecular complexity index is 1850. The lowest BCUT2D eigenvalue weighted by Gasteiger charge is -2.30. The lowest BCUT2D eigenvalue weighted by Crippen LogP contribution is -2.44. The number of nitrogens with one attached hydrogen (secondary N) is 1. The third-order valence-corrected chi connectivity index (χ3v) is 9.32. The molecule has 3 heterocycles. The van der Waals surface area contributed by atoms with Crippen LogP contribution in [-0.2, 0) is 15.8 Å². The van der Waals surface area contributed by atoms with Gasteiger partial charge in [-0.15, -0.1) is 0 Å². The van der Waals surface area contributed by atoms with Gasteiger partial charge in [0.2, 0.25) is 5.91 Å². The summed E-state index contributed by atoms with van der Waals surface area (Å²) in [5.74, 6) is -1.33. The Balaban J connectivity index is 1.27. The smallest absolute Gasteiger partial charge is 0.251 e. The summed E-state index contributed by atoms with van der Waals surface area (Å²) in [6, 6.07) is 9.83. The molecule has 12 heteroatoms. The maximum Gasteiger partial charge on any atom is 0.251 e. The summed E-state index contributed by atoms with van der Waals surface area (Å²) in [7, 11) is 1.53. The van der Waals surface area contributed by atoms with E-state index in [9.17, 15) is 14.7 Å². The molecule has 2 aromatic heterocycles. The van der Waals surface area contributed by atoms with Crippen LogP contribution in [0.3, 0.4) is 0 Å². The molecule has 4 aromatic rings. The highest BCUT2D eigenvalue weighted by molar-refractivity contribution is 6.31. The highest BCUT2D eigenvalue weighted by Crippen LogP contribution is 2.50. The zero-order valence-corrected chi connectivity index (χ0v) is 24.9. The number of nitrogens with two attached hydrogens (primary N) is 1. The number of pyridine rings is 1. The van der Waals surface area contributed by atoms with Gasteiger partial charge in [-0.2, -0.15) is 5.10 Å². The molecular formula is C32H31ClFN5O5. The van der Waals surface area contributed by atoms with Gasteiger partial charge in [0.25, 0.3) is 5.91 Å². The summed E-state index contributed by atoms with van der Waals surface area (Å²) in [6.07, 6.45) is 5.42. The predicted octanol–water partition coefficient (Wildman–Crippen LogP) is 4.40. The molecule has 2 aliphatic carbocycles. The number of hydrogen-bond acceptors (Lipinski definition) is 7. The highest BCUT2D eigenvalue weighted by Gasteiger charge is 2.50. The third kappa shape index (κ3) is 4.57. The number of methoxy groups -OCH3 is 1. The Labute approximate surface area is 257 Å². The number of primary amides is 1. The van der Waals surface area contributed by atoms with Crippen molar-refractivity contribution in [3.05, 3.63) is 70.3 Å². The van der Waals surface area contributed by atoms with Crippen molar-refractivity contribution in [2.24, 2.45) is 11.7 Å². The molecule has 7 rings (SSSR count). The molecule has 2 atom stereocenters. The van der Waals surface area contributed by atoms with Gasteiger partial charge in [0, 0.05) is 28.3 Å². The second kappa shape index (κ2) is 10.2. The van der Waals surface area contributed by atoms with Crippen molar-refractivity contribution in [2.75, 3.05) is 20.3 Å². The summed E-state index contributed by atoms with van der Waals surface area (Å²) in [5.41, 5.74) is 4.64. The fourth-order valence-corrected chi connectivity index (χ4v) is 6.11. The molecule has 4 N–H and O–H groups in total. The number of rotatable bonds is 9. The molecule has 2 aromatic carbocycles. The first kappa shape index (κ1) is 28.5. The average Bonchev–Trinajstić information content (AvgIpc) is 3.96. The number of ether oxygens (including phenoxy) is 2. The van der Waals surface area contributed by atoms with Crippen LogP contribution in [0, 0.1) is 11.7 Å². The molecule has 0 spiro atoms. The zero-order valence-electron chi connectivity index (χ0n) is 24.2. The number of aromatic nitrogens is 3. The number of aliphatic hydroxyl groups is 1. The van der Waals surface area contributed by atoms with Gasteiger partial charge in [0.1, 0.15) is 40.3 Å². The van der Waals surface area contributed by atoms with Crippen molar-refractivity contribution in [1.82, 2.24) is 20.1 Å². The fraction of sp³-hybridized carbons (Fsp3) is 0.375. The summed E-state index contributed by atoms with van der Waals surface area (Å²) in [4.78, 5) is 30.8. The standard InChI is InChI=1S/C32H31ClFN5O5/c1-31(30(35)41)15-44-28-21(31)12-24(37-27(28)20-4-3-5-22(33)25(20)34)32(42,18-6-7-18)14-36-29(40)16-10-17-13-39(19-8-9-19)38-26(17)23(11-16)43-2/h3-5,10-13,18-19,42H,6-9,14-15H2,1-2H3,(H2,35,41)(H,36,40)/t31-,32+/m0/s1. The highest BCUT2D eigenvalue weighted by atomic mass is 35.5. The Morgan fingerprint density at radius 3 is 2.73 bits per heavy atom. The van der Waals surface area contributed by atoms with E-state index in [0.717, 1.165) is 18.2 Å². The van der Waals surface area contributed by atoms with Crippen LogP contribution >= 0.6 is 11.6 Å². The molecule has 1 aliphatic heterocycles. The van der Waals surface area contributed by atoms with Crippen LogP contribution in [-0.4, -0.2) is 51.9 Å². The normalized spacial score (nSPS) is 20.6. The predicted molar refractivity (Wildman–Crippen MR) is 160 cm³/mol. The van der Waals surface area contributed by atoms with Crippen molar-refractivity contribution in [2.45, 2.75) is 49.7 Å². The van der Waals surface area contributed by atoms with Crippen molar-refractivity contribution < 1.29 is 28.6 Å². The number of carbonyl (C=O) groups is 2. The Kier molecular flexibility index (Phi) is 6.60. The summed E-state index contributed by atoms with van der Waals surface area (Å²) in [5, 5.41) is 20.4. The Morgan fingerprint density at radius 2 is 2.05 bits per heavy atom. The molecule has 10 nitrogen and oxygen atoms in total. The minimum Gasteiger partial charge on any atom is -0.494 e. The van der Waals surface area contributed by atoms with Crippen LogP contribution < -0.4 is 20.5 Å². The zero-order chi connectivity index (χ0) is 31.0. The van der Waals surface area contributed by atoms with Crippen molar-refractivity contribution in [3.63, 3.8) is 0 Å². The van der Waals surface area contributed by atoms with E-state index in [1.165, 1.54) is 19.2 Å². The minimum absolute atomic E-state index is 0.0543. The maximum absolute atomic E-state index is 15.3. The Morgan fingerprint density at radius 1 is 1.27 bits per heavy atom. The van der Waals surface area contributed by atoms with Gasteiger partial charge < -0.3 is 25.6 Å². The second-order valence-electron chi connectivity index (χ2n) is 12.2. The van der Waals surface area contributed by atoms with E-state index in [-0.39, 0.29) is 46.8 Å². The van der Waals surface area contributed by atoms with Gasteiger partial charge in [-0.1, -0.05) is 17.7 Å². The van der Waals surface area contributed by atoms with Crippen LogP contribution in [0.1, 0.15) is 60.3 Å². The quantitative estimate of drug-likeness (QED) is 0.252. The molecule has 0 unspecified atom stereocenters. The topological polar surface area (TPSA) is 142 Å². The molecule has 0 bridgehead atoms. The van der Waals surface area contributed by atoms with Crippen LogP contribution in [0.4, 0.5) is 4.39 Å². The van der Waals surface area contributed by atoms with E-state index in [1.807, 2.05) is 10.9 Å². The fourth-order valence-electron chi connectivity index (χ4n) is 5.93. The maximum atomic E-state index is 15.3.